The maximum Gasteiger partial charge on any atom is 0.410 e. The van der Waals surface area contributed by atoms with Crippen molar-refractivity contribution in [3.8, 4) is 68.1 Å². The van der Waals surface area contributed by atoms with Crippen molar-refractivity contribution in [1.82, 2.24) is 73.7 Å². The molecule has 0 unspecified atom stereocenters. The molecule has 3 atom stereocenters. The number of nitrogens with zero attached hydrogens (tertiary/aromatic N) is 17. The van der Waals surface area contributed by atoms with Crippen molar-refractivity contribution in [2.75, 3.05) is 93.4 Å². The molecule has 0 saturated carbocycles. The van der Waals surface area contributed by atoms with Crippen LogP contribution in [0.4, 0.5) is 48.6 Å². The second-order valence-electron chi connectivity index (χ2n) is 36.3. The number of carbonyl (C=O) groups excluding carboxylic acids is 3. The summed E-state index contributed by atoms with van der Waals surface area (Å²) >= 11 is 4.71. The quantitative estimate of drug-likeness (QED) is 0.0839. The molecular weight excluding hydrogens is 1770 g/mol. The van der Waals surface area contributed by atoms with Gasteiger partial charge in [0.25, 0.3) is 0 Å². The van der Waals surface area contributed by atoms with E-state index in [4.69, 9.17) is 45.5 Å². The summed E-state index contributed by atoms with van der Waals surface area (Å²) in [6.07, 6.45) is 13.2. The van der Waals surface area contributed by atoms with Crippen molar-refractivity contribution in [3.63, 3.8) is 0 Å². The molecule has 12 aromatic rings. The molecule has 0 radical (unpaired) electrons. The van der Waals surface area contributed by atoms with Crippen LogP contribution in [0.25, 0.3) is 83.9 Å². The summed E-state index contributed by atoms with van der Waals surface area (Å²) in [6, 6.07) is 22.1. The van der Waals surface area contributed by atoms with E-state index >= 15 is 26.3 Å². The molecule has 35 heteroatoms. The first kappa shape index (κ1) is 97.1. The van der Waals surface area contributed by atoms with Crippen LogP contribution in [0.3, 0.4) is 0 Å². The Bertz CT molecular complexity index is 6830. The SMILES string of the molecule is C=CC(=O)Cl.C=CC(=O)N1CCN(c2nc(=O)n3c4nc(c(F)cc24)-c2c(F)cccc2OCCCCc2ccnc(C(C)C)c2-3)[C@@H](C)C1.CC(C)c1nccc2c1-n1c(=O)nc(N3CCN(C(=O)OC(C)(C)C)C[C@@H]3C)c3cc(F)c(nc31)-c1c(F)cccc1OCCCC2.CC(C)c1nccc2c1-n1c(=O)nc(N3CCNC[C@@H]3C)c3cc(F)c(nc31)-c1c(F)cccc1OCCCC2. The predicted molar refractivity (Wildman–Crippen MR) is 511 cm³/mol. The maximum atomic E-state index is 16.3. The molecule has 6 bridgehead atoms. The topological polar surface area (TPSA) is 298 Å². The Kier molecular flexibility index (Phi) is 29.5. The van der Waals surface area contributed by atoms with Crippen molar-refractivity contribution in [1.29, 1.82) is 0 Å². The first-order chi connectivity index (χ1) is 65.1. The Balaban J connectivity index is 0.000000152. The molecule has 15 heterocycles. The molecule has 0 aliphatic carbocycles. The third kappa shape index (κ3) is 20.1. The second-order valence-corrected chi connectivity index (χ2v) is 36.7. The van der Waals surface area contributed by atoms with Crippen LogP contribution in [0.5, 0.6) is 17.2 Å². The summed E-state index contributed by atoms with van der Waals surface area (Å²) in [4.78, 5) is 128. The van der Waals surface area contributed by atoms with Gasteiger partial charge in [0.1, 0.15) is 74.8 Å². The number of aryl methyl sites for hydroxylation is 3. The summed E-state index contributed by atoms with van der Waals surface area (Å²) in [6.45, 7) is 34.8. The van der Waals surface area contributed by atoms with Gasteiger partial charge in [0, 0.05) is 95.6 Å². The van der Waals surface area contributed by atoms with Gasteiger partial charge in [-0.15, -0.1) is 0 Å². The molecule has 136 heavy (non-hydrogen) atoms. The van der Waals surface area contributed by atoms with Gasteiger partial charge in [-0.25, -0.2) is 74.2 Å². The van der Waals surface area contributed by atoms with E-state index in [0.717, 1.165) is 47.7 Å². The summed E-state index contributed by atoms with van der Waals surface area (Å²) < 4.78 is 123. The van der Waals surface area contributed by atoms with E-state index in [1.165, 1.54) is 74.4 Å². The van der Waals surface area contributed by atoms with E-state index in [2.05, 4.69) is 48.4 Å². The highest BCUT2D eigenvalue weighted by Gasteiger charge is 2.38. The van der Waals surface area contributed by atoms with Gasteiger partial charge >= 0.3 is 23.2 Å². The molecule has 28 nitrogen and oxygen atoms in total. The molecular formula is C101H109ClF6N18O10. The lowest BCUT2D eigenvalue weighted by atomic mass is 10.00. The minimum absolute atomic E-state index is 0.0122. The van der Waals surface area contributed by atoms with E-state index in [1.54, 1.807) is 46.6 Å². The van der Waals surface area contributed by atoms with Gasteiger partial charge in [0.05, 0.1) is 86.8 Å². The lowest BCUT2D eigenvalue weighted by Crippen LogP contribution is -2.55. The Morgan fingerprint density at radius 2 is 0.801 bits per heavy atom. The lowest BCUT2D eigenvalue weighted by Gasteiger charge is -2.41. The molecule has 0 spiro atoms. The zero-order valence-electron chi connectivity index (χ0n) is 78.1. The van der Waals surface area contributed by atoms with Crippen LogP contribution >= 0.6 is 11.6 Å². The average Bonchev–Trinajstić information content (AvgIpc) is 0.871. The number of allylic oxidation sites excluding steroid dienone is 1. The van der Waals surface area contributed by atoms with Crippen molar-refractivity contribution >= 4 is 79.4 Å². The molecule has 6 aliphatic rings. The Hall–Kier alpha value is -13.5. The highest BCUT2D eigenvalue weighted by molar-refractivity contribution is 6.66. The van der Waals surface area contributed by atoms with Gasteiger partial charge in [0.2, 0.25) is 11.1 Å². The minimum Gasteiger partial charge on any atom is -0.493 e. The highest BCUT2D eigenvalue weighted by atomic mass is 35.5. The number of carbonyl (C=O) groups is 3. The van der Waals surface area contributed by atoms with Gasteiger partial charge in [-0.2, -0.15) is 15.0 Å². The summed E-state index contributed by atoms with van der Waals surface area (Å²) in [5, 5.41) is 3.78. The first-order valence-electron chi connectivity index (χ1n) is 46.0. The molecule has 6 aliphatic heterocycles. The van der Waals surface area contributed by atoms with E-state index in [1.807, 2.05) is 116 Å². The van der Waals surface area contributed by atoms with Crippen LogP contribution < -0.4 is 51.3 Å². The van der Waals surface area contributed by atoms with E-state index in [9.17, 15) is 28.8 Å². The fraction of sp³-hybridized carbons (Fsp3) is 0.396. The number of rotatable bonds is 8. The zero-order valence-corrected chi connectivity index (χ0v) is 78.9. The fourth-order valence-corrected chi connectivity index (χ4v) is 18.2. The van der Waals surface area contributed by atoms with Crippen molar-refractivity contribution in [2.24, 2.45) is 0 Å². The van der Waals surface area contributed by atoms with Gasteiger partial charge < -0.3 is 48.8 Å². The number of halogens is 7. The van der Waals surface area contributed by atoms with Crippen LogP contribution in [-0.2, 0) is 33.6 Å². The fourth-order valence-electron chi connectivity index (χ4n) is 18.2. The van der Waals surface area contributed by atoms with Crippen molar-refractivity contribution < 1.29 is 59.7 Å². The third-order valence-electron chi connectivity index (χ3n) is 24.6. The number of amides is 2. The smallest absolute Gasteiger partial charge is 0.410 e. The molecule has 3 saturated heterocycles. The maximum absolute atomic E-state index is 16.3. The molecule has 18 rings (SSSR count). The number of piperazine rings is 3. The predicted octanol–water partition coefficient (Wildman–Crippen LogP) is 17.3. The summed E-state index contributed by atoms with van der Waals surface area (Å²) in [7, 11) is 0. The number of hydrogen-bond acceptors (Lipinski definition) is 23. The number of nitrogens with one attached hydrogen (secondary N) is 1. The Labute approximate surface area is 787 Å². The van der Waals surface area contributed by atoms with Gasteiger partial charge in [-0.1, -0.05) is 72.9 Å². The molecule has 1 N–H and O–H groups in total. The van der Waals surface area contributed by atoms with E-state index in [-0.39, 0.29) is 127 Å². The second kappa shape index (κ2) is 41.4. The van der Waals surface area contributed by atoms with Crippen LogP contribution in [0.15, 0.2) is 149 Å². The number of anilines is 3. The van der Waals surface area contributed by atoms with E-state index in [0.29, 0.717) is 162 Å². The van der Waals surface area contributed by atoms with Gasteiger partial charge in [0.15, 0.2) is 34.4 Å². The van der Waals surface area contributed by atoms with Crippen LogP contribution in [0.2, 0.25) is 0 Å². The molecule has 3 aromatic carbocycles. The average molecular weight is 1880 g/mol. The molecule has 9 aromatic heterocycles. The van der Waals surface area contributed by atoms with Crippen LogP contribution in [0, 0.1) is 34.9 Å². The number of hydrogen-bond donors (Lipinski definition) is 1. The van der Waals surface area contributed by atoms with Gasteiger partial charge in [-0.3, -0.25) is 24.5 Å². The van der Waals surface area contributed by atoms with Gasteiger partial charge in [-0.05, 0) is 230 Å². The number of pyridine rings is 6. The van der Waals surface area contributed by atoms with Crippen LogP contribution in [0.1, 0.15) is 173 Å². The lowest BCUT2D eigenvalue weighted by molar-refractivity contribution is -0.126. The first-order valence-corrected chi connectivity index (χ1v) is 46.3. The number of fused-ring (bicyclic) bond motifs is 15. The standard InChI is InChI=1S/C35H40F2N6O4.C33H34F2N6O3.C30H32F2N6O2.C3H3ClO/c1-20(2)28-30-22(13-14-38-28)10-7-8-17-46-26-12-9-11-24(36)27(26)29-25(37)18-23-31(40-33(44)43(30)32(23)39-29)42-16-15-41(19-21(42)3)34(45)47-35(4,5)6;1-5-26(42)39-14-15-40(20(4)18-39)31-22-17-24(35)29-27-23(34)10-8-11-25(27)44-16-7-6-9-21-12-13-36-28(19(2)3)30(21)41(32(22)37-29)33(43)38-31;1-17(2)25-27-19(10-11-34-25)7-4-5-14-40-23-9-6-8-21(31)24(23)26-22(32)15-20-28(37-13-12-33-16-18(37)3)36-30(39)38(27)29(20)35-26;1-2-3(4)5/h9,11-14,18,20-21H,7-8,10,15-17,19H2,1-6H3;5,8,10-13,17,19-20H,1,6-7,9,14-16,18H2,2-4H3;6,8-11,15,17-18,33H,4-5,7,12-14,16H2,1-3H3;2H,1H2/t21-;20-;18-;/m000./s1. The number of ether oxygens (including phenoxy) is 4. The summed E-state index contributed by atoms with van der Waals surface area (Å²) in [5.41, 5.74) is 3.50. The monoisotopic (exact) mass is 1880 g/mol. The largest absolute Gasteiger partial charge is 0.493 e. The minimum atomic E-state index is -0.786. The number of benzene rings is 3. The third-order valence-corrected chi connectivity index (χ3v) is 24.8. The van der Waals surface area contributed by atoms with Crippen molar-refractivity contribution in [2.45, 2.75) is 182 Å². The molecule has 3 fully saturated rings. The highest BCUT2D eigenvalue weighted by Crippen LogP contribution is 2.44. The molecule has 712 valence electrons. The Morgan fingerprint density at radius 1 is 0.463 bits per heavy atom. The normalized spacial score (nSPS) is 16.8. The summed E-state index contributed by atoms with van der Waals surface area (Å²) in [5.74, 6) is -3.21. The van der Waals surface area contributed by atoms with E-state index < -0.39 is 68.9 Å². The zero-order chi connectivity index (χ0) is 97.0. The molecule has 2 amide bonds. The number of aromatic nitrogens is 12. The van der Waals surface area contributed by atoms with Crippen molar-refractivity contribution in [3.05, 3.63) is 235 Å². The van der Waals surface area contributed by atoms with Crippen LogP contribution in [-0.4, -0.2) is 188 Å². The Morgan fingerprint density at radius 3 is 1.12 bits per heavy atom.